The van der Waals surface area contributed by atoms with Crippen LogP contribution in [-0.4, -0.2) is 18.9 Å². The average molecular weight is 461 g/mol. The minimum atomic E-state index is -0.410. The lowest BCUT2D eigenvalue weighted by Crippen LogP contribution is -2.19. The first-order valence-corrected chi connectivity index (χ1v) is 11.3. The molecule has 3 aromatic rings. The van der Waals surface area contributed by atoms with Gasteiger partial charge in [-0.05, 0) is 59.0 Å². The van der Waals surface area contributed by atoms with Gasteiger partial charge in [0, 0.05) is 17.8 Å². The Kier molecular flexibility index (Phi) is 7.95. The molecule has 0 aliphatic rings. The lowest BCUT2D eigenvalue weighted by Gasteiger charge is -2.19. The van der Waals surface area contributed by atoms with E-state index in [4.69, 9.17) is 9.47 Å². The Morgan fingerprint density at radius 2 is 1.47 bits per heavy atom. The van der Waals surface area contributed by atoms with Crippen molar-refractivity contribution in [2.75, 3.05) is 17.7 Å². The van der Waals surface area contributed by atoms with Crippen molar-refractivity contribution in [3.63, 3.8) is 0 Å². The highest BCUT2D eigenvalue weighted by atomic mass is 16.5. The molecular formula is C28H32N2O4. The minimum Gasteiger partial charge on any atom is -0.497 e. The van der Waals surface area contributed by atoms with Crippen LogP contribution in [0.15, 0.2) is 66.7 Å². The summed E-state index contributed by atoms with van der Waals surface area (Å²) in [4.78, 5) is 25.0. The summed E-state index contributed by atoms with van der Waals surface area (Å²) in [6, 6.07) is 20.0. The van der Waals surface area contributed by atoms with Gasteiger partial charge in [0.1, 0.15) is 18.1 Å². The fourth-order valence-electron chi connectivity index (χ4n) is 3.37. The molecule has 6 nitrogen and oxygen atoms in total. The average Bonchev–Trinajstić information content (AvgIpc) is 2.82. The van der Waals surface area contributed by atoms with E-state index in [1.165, 1.54) is 5.56 Å². The Morgan fingerprint density at radius 1 is 0.853 bits per heavy atom. The van der Waals surface area contributed by atoms with Gasteiger partial charge < -0.3 is 20.1 Å². The van der Waals surface area contributed by atoms with Crippen LogP contribution in [0, 0.1) is 0 Å². The van der Waals surface area contributed by atoms with E-state index in [1.54, 1.807) is 56.5 Å². The number of carbonyl (C=O) groups is 2. The lowest BCUT2D eigenvalue weighted by molar-refractivity contribution is 0.0983. The number of Topliss-reactive ketones (excluding diaryl/α,β-unsaturated/α-hetero) is 1. The lowest BCUT2D eigenvalue weighted by atomic mass is 9.87. The highest BCUT2D eigenvalue weighted by Crippen LogP contribution is 2.27. The Balaban J connectivity index is 1.69. The maximum Gasteiger partial charge on any atom is 0.323 e. The largest absolute Gasteiger partial charge is 0.497 e. The summed E-state index contributed by atoms with van der Waals surface area (Å²) in [6.07, 6.45) is 0.331. The van der Waals surface area contributed by atoms with E-state index in [-0.39, 0.29) is 11.2 Å². The van der Waals surface area contributed by atoms with Crippen molar-refractivity contribution >= 4 is 23.2 Å². The molecule has 0 spiro atoms. The van der Waals surface area contributed by atoms with Crippen LogP contribution in [0.4, 0.5) is 16.2 Å². The number of hydrogen-bond donors (Lipinski definition) is 2. The molecule has 0 saturated carbocycles. The number of nitrogens with one attached hydrogen (secondary N) is 2. The molecule has 0 aliphatic heterocycles. The van der Waals surface area contributed by atoms with Crippen LogP contribution < -0.4 is 20.1 Å². The van der Waals surface area contributed by atoms with Crippen molar-refractivity contribution in [2.45, 2.75) is 46.1 Å². The zero-order chi connectivity index (χ0) is 24.7. The molecule has 0 aliphatic carbocycles. The van der Waals surface area contributed by atoms with Crippen LogP contribution in [0.5, 0.6) is 11.5 Å². The maximum absolute atomic E-state index is 12.6. The summed E-state index contributed by atoms with van der Waals surface area (Å²) < 4.78 is 11.1. The molecule has 6 heteroatoms. The molecule has 0 aromatic heterocycles. The fourth-order valence-corrected chi connectivity index (χ4v) is 3.37. The Hall–Kier alpha value is -3.80. The molecular weight excluding hydrogens is 428 g/mol. The van der Waals surface area contributed by atoms with E-state index in [1.807, 2.05) is 12.1 Å². The molecule has 0 fully saturated rings. The van der Waals surface area contributed by atoms with Gasteiger partial charge in [0.25, 0.3) is 0 Å². The molecule has 0 bridgehead atoms. The molecule has 2 N–H and O–H groups in total. The summed E-state index contributed by atoms with van der Waals surface area (Å²) >= 11 is 0. The van der Waals surface area contributed by atoms with E-state index in [0.29, 0.717) is 41.5 Å². The van der Waals surface area contributed by atoms with Crippen LogP contribution in [0.25, 0.3) is 0 Å². The van der Waals surface area contributed by atoms with Crippen LogP contribution in [-0.2, 0) is 12.0 Å². The summed E-state index contributed by atoms with van der Waals surface area (Å²) in [6.45, 7) is 8.67. The quantitative estimate of drug-likeness (QED) is 0.362. The second-order valence-electron chi connectivity index (χ2n) is 9.03. The summed E-state index contributed by atoms with van der Waals surface area (Å²) in [5.74, 6) is 1.14. The fraction of sp³-hybridized carbons (Fsp3) is 0.286. The summed E-state index contributed by atoms with van der Waals surface area (Å²) in [5, 5.41) is 5.53. The monoisotopic (exact) mass is 460 g/mol. The third kappa shape index (κ3) is 6.61. The van der Waals surface area contributed by atoms with E-state index in [0.717, 1.165) is 5.56 Å². The van der Waals surface area contributed by atoms with Gasteiger partial charge in [-0.2, -0.15) is 0 Å². The number of amides is 2. The van der Waals surface area contributed by atoms with Gasteiger partial charge >= 0.3 is 6.03 Å². The molecule has 3 aromatic carbocycles. The Bertz CT molecular complexity index is 1130. The van der Waals surface area contributed by atoms with Gasteiger partial charge in [-0.3, -0.25) is 4.79 Å². The van der Waals surface area contributed by atoms with Gasteiger partial charge in [-0.15, -0.1) is 0 Å². The molecule has 0 saturated heterocycles. The first-order chi connectivity index (χ1) is 16.2. The van der Waals surface area contributed by atoms with Crippen molar-refractivity contribution in [1.82, 2.24) is 0 Å². The Morgan fingerprint density at radius 3 is 2.06 bits per heavy atom. The highest BCUT2D eigenvalue weighted by molar-refractivity contribution is 6.03. The molecule has 0 radical (unpaired) electrons. The third-order valence-electron chi connectivity index (χ3n) is 5.42. The number of hydrogen-bond acceptors (Lipinski definition) is 4. The SMILES string of the molecule is CCC(=O)c1cc(NC(=O)Nc2ccc(OC)cc2)ccc1OCc1ccc(C(C)(C)C)cc1. The van der Waals surface area contributed by atoms with Gasteiger partial charge in [0.05, 0.1) is 12.7 Å². The molecule has 0 heterocycles. The number of rotatable bonds is 8. The number of benzene rings is 3. The molecule has 34 heavy (non-hydrogen) atoms. The Labute approximate surface area is 201 Å². The van der Waals surface area contributed by atoms with Crippen LogP contribution in [0.3, 0.4) is 0 Å². The normalized spacial score (nSPS) is 11.0. The number of carbonyl (C=O) groups excluding carboxylic acids is 2. The van der Waals surface area contributed by atoms with Crippen molar-refractivity contribution in [3.8, 4) is 11.5 Å². The standard InChI is InChI=1S/C28H32N2O4/c1-6-25(31)24-17-22(30-27(32)29-21-11-14-23(33-5)15-12-21)13-16-26(24)34-18-19-7-9-20(10-8-19)28(2,3)4/h7-17H,6,18H2,1-5H3,(H2,29,30,32). The minimum absolute atomic E-state index is 0.0581. The molecule has 0 atom stereocenters. The predicted molar refractivity (Wildman–Crippen MR) is 136 cm³/mol. The number of anilines is 2. The van der Waals surface area contributed by atoms with E-state index >= 15 is 0 Å². The zero-order valence-electron chi connectivity index (χ0n) is 20.4. The molecule has 2 amide bonds. The van der Waals surface area contributed by atoms with E-state index in [2.05, 4.69) is 43.5 Å². The first-order valence-electron chi connectivity index (χ1n) is 11.3. The smallest absolute Gasteiger partial charge is 0.323 e. The topological polar surface area (TPSA) is 76.7 Å². The summed E-state index contributed by atoms with van der Waals surface area (Å²) in [7, 11) is 1.58. The van der Waals surface area contributed by atoms with Crippen molar-refractivity contribution in [1.29, 1.82) is 0 Å². The van der Waals surface area contributed by atoms with Crippen LogP contribution in [0.2, 0.25) is 0 Å². The van der Waals surface area contributed by atoms with E-state index < -0.39 is 6.03 Å². The first kappa shape index (κ1) is 24.8. The van der Waals surface area contributed by atoms with E-state index in [9.17, 15) is 9.59 Å². The van der Waals surface area contributed by atoms with Crippen LogP contribution in [0.1, 0.15) is 55.6 Å². The van der Waals surface area contributed by atoms with Crippen molar-refractivity contribution in [3.05, 3.63) is 83.4 Å². The predicted octanol–water partition coefficient (Wildman–Crippen LogP) is 6.81. The number of ether oxygens (including phenoxy) is 2. The molecule has 178 valence electrons. The number of urea groups is 1. The highest BCUT2D eigenvalue weighted by Gasteiger charge is 2.15. The van der Waals surface area contributed by atoms with Crippen molar-refractivity contribution < 1.29 is 19.1 Å². The van der Waals surface area contributed by atoms with Gasteiger partial charge in [0.2, 0.25) is 0 Å². The zero-order valence-corrected chi connectivity index (χ0v) is 20.4. The second-order valence-corrected chi connectivity index (χ2v) is 9.03. The maximum atomic E-state index is 12.6. The molecule has 3 rings (SSSR count). The van der Waals surface area contributed by atoms with Gasteiger partial charge in [-0.25, -0.2) is 4.79 Å². The summed E-state index contributed by atoms with van der Waals surface area (Å²) in [5.41, 5.74) is 3.93. The third-order valence-corrected chi connectivity index (χ3v) is 5.42. The molecule has 0 unspecified atom stereocenters. The number of methoxy groups -OCH3 is 1. The second kappa shape index (κ2) is 10.9. The van der Waals surface area contributed by atoms with Gasteiger partial charge in [-0.1, -0.05) is 52.0 Å². The number of ketones is 1. The van der Waals surface area contributed by atoms with Crippen molar-refractivity contribution in [2.24, 2.45) is 0 Å². The van der Waals surface area contributed by atoms with Gasteiger partial charge in [0.15, 0.2) is 5.78 Å². The van der Waals surface area contributed by atoms with Crippen LogP contribution >= 0.6 is 0 Å².